The molecule has 0 aliphatic carbocycles. The van der Waals surface area contributed by atoms with Crippen molar-refractivity contribution in [2.24, 2.45) is 5.92 Å². The van der Waals surface area contributed by atoms with Crippen LogP contribution in [0.2, 0.25) is 0 Å². The van der Waals surface area contributed by atoms with Gasteiger partial charge in [0.05, 0.1) is 0 Å². The maximum atomic E-state index is 2.45. The second kappa shape index (κ2) is 7.78. The number of hydrogen-bond acceptors (Lipinski definition) is 2. The Hall–Kier alpha value is 1.43. The van der Waals surface area contributed by atoms with E-state index in [9.17, 15) is 0 Å². The fourth-order valence-corrected chi connectivity index (χ4v) is 8.48. The molecule has 2 rings (SSSR count). The maximum absolute atomic E-state index is 2.45. The average molecular weight is 371 g/mol. The van der Waals surface area contributed by atoms with Crippen LogP contribution >= 0.6 is 23.5 Å². The van der Waals surface area contributed by atoms with Crippen LogP contribution in [0.1, 0.15) is 38.5 Å². The fourth-order valence-electron chi connectivity index (χ4n) is 2.81. The second-order valence-corrected chi connectivity index (χ2v) is 10.2. The molecule has 0 amide bonds. The van der Waals surface area contributed by atoms with E-state index in [4.69, 9.17) is 0 Å². The number of hydrogen-bond donors (Lipinski definition) is 0. The van der Waals surface area contributed by atoms with Crippen LogP contribution in [0.5, 0.6) is 0 Å². The number of thioether (sulfide) groups is 2. The van der Waals surface area contributed by atoms with Gasteiger partial charge in [0.25, 0.3) is 0 Å². The Morgan fingerprint density at radius 1 is 1.12 bits per heavy atom. The molecule has 2 aliphatic heterocycles. The van der Waals surface area contributed by atoms with E-state index >= 15 is 0 Å². The van der Waals surface area contributed by atoms with Gasteiger partial charge in [0, 0.05) is 0 Å². The first-order valence-electron chi connectivity index (χ1n) is 6.55. The standard InChI is InChI=1S/C13H24IS2/c1-14-9-13-6-2-5-12(16-13)8-11-4-3-7-15-10-11/h11-13H,2-10H2,1H3/q-1. The summed E-state index contributed by atoms with van der Waals surface area (Å²) in [6.45, 7) is 0. The zero-order valence-corrected chi connectivity index (χ0v) is 14.1. The van der Waals surface area contributed by atoms with Crippen molar-refractivity contribution in [1.29, 1.82) is 0 Å². The first-order valence-corrected chi connectivity index (χ1v) is 12.3. The summed E-state index contributed by atoms with van der Waals surface area (Å²) < 4.78 is 1.57. The van der Waals surface area contributed by atoms with Crippen molar-refractivity contribution in [3.05, 3.63) is 0 Å². The molecule has 0 aromatic carbocycles. The summed E-state index contributed by atoms with van der Waals surface area (Å²) in [5.41, 5.74) is 0. The van der Waals surface area contributed by atoms with E-state index in [0.29, 0.717) is 21.2 Å². The van der Waals surface area contributed by atoms with E-state index in [1.807, 2.05) is 0 Å². The monoisotopic (exact) mass is 371 g/mol. The predicted molar refractivity (Wildman–Crippen MR) is 74.5 cm³/mol. The zero-order chi connectivity index (χ0) is 11.2. The van der Waals surface area contributed by atoms with E-state index < -0.39 is 0 Å². The first kappa shape index (κ1) is 13.9. The molecule has 2 fully saturated rings. The molecular formula is C13H24IS2-. The number of halogens is 1. The second-order valence-electron chi connectivity index (χ2n) is 5.05. The van der Waals surface area contributed by atoms with Gasteiger partial charge in [-0.1, -0.05) is 0 Å². The molecule has 2 heterocycles. The summed E-state index contributed by atoms with van der Waals surface area (Å²) in [6, 6.07) is 0. The molecule has 0 spiro atoms. The van der Waals surface area contributed by atoms with Crippen LogP contribution in [0, 0.1) is 5.92 Å². The van der Waals surface area contributed by atoms with Gasteiger partial charge in [0.2, 0.25) is 0 Å². The van der Waals surface area contributed by atoms with Crippen LogP contribution in [0.4, 0.5) is 0 Å². The molecule has 0 aromatic heterocycles. The van der Waals surface area contributed by atoms with Crippen molar-refractivity contribution < 1.29 is 21.2 Å². The van der Waals surface area contributed by atoms with Crippen molar-refractivity contribution in [2.45, 2.75) is 49.0 Å². The Balaban J connectivity index is 1.71. The van der Waals surface area contributed by atoms with Gasteiger partial charge >= 0.3 is 121 Å². The number of alkyl halides is 2. The normalized spacial score (nSPS) is 36.4. The molecule has 96 valence electrons. The number of rotatable bonds is 4. The van der Waals surface area contributed by atoms with Crippen LogP contribution in [0.25, 0.3) is 0 Å². The van der Waals surface area contributed by atoms with Crippen LogP contribution in [-0.2, 0) is 0 Å². The zero-order valence-electron chi connectivity index (χ0n) is 10.3. The minimum atomic E-state index is 0.517. The summed E-state index contributed by atoms with van der Waals surface area (Å²) in [5.74, 6) is 3.95. The minimum absolute atomic E-state index is 0.517. The van der Waals surface area contributed by atoms with Gasteiger partial charge < -0.3 is 0 Å². The Labute approximate surface area is 120 Å². The van der Waals surface area contributed by atoms with Crippen LogP contribution in [0.15, 0.2) is 0 Å². The average Bonchev–Trinajstić information content (AvgIpc) is 2.31. The van der Waals surface area contributed by atoms with E-state index in [1.165, 1.54) is 50.0 Å². The predicted octanol–water partition coefficient (Wildman–Crippen LogP) is 0.893. The Morgan fingerprint density at radius 3 is 2.75 bits per heavy atom. The summed E-state index contributed by atoms with van der Waals surface area (Å²) in [6.07, 6.45) is 9.10. The summed E-state index contributed by atoms with van der Waals surface area (Å²) in [5, 5.41) is 2.07. The summed E-state index contributed by atoms with van der Waals surface area (Å²) in [7, 11) is 0. The van der Waals surface area contributed by atoms with Crippen molar-refractivity contribution in [1.82, 2.24) is 0 Å². The fraction of sp³-hybridized carbons (Fsp3) is 1.00. The molecule has 0 radical (unpaired) electrons. The molecule has 3 unspecified atom stereocenters. The topological polar surface area (TPSA) is 0 Å². The molecule has 16 heavy (non-hydrogen) atoms. The van der Waals surface area contributed by atoms with Crippen LogP contribution in [0.3, 0.4) is 0 Å². The van der Waals surface area contributed by atoms with Crippen molar-refractivity contribution in [2.75, 3.05) is 20.9 Å². The third kappa shape index (κ3) is 4.60. The van der Waals surface area contributed by atoms with Gasteiger partial charge in [-0.2, -0.15) is 0 Å². The van der Waals surface area contributed by atoms with Gasteiger partial charge in [-0.25, -0.2) is 0 Å². The molecule has 0 saturated carbocycles. The first-order chi connectivity index (χ1) is 7.88. The van der Waals surface area contributed by atoms with Gasteiger partial charge in [0.1, 0.15) is 0 Å². The van der Waals surface area contributed by atoms with Crippen molar-refractivity contribution >= 4 is 23.5 Å². The van der Waals surface area contributed by atoms with Crippen molar-refractivity contribution in [3.63, 3.8) is 0 Å². The molecular weight excluding hydrogens is 347 g/mol. The van der Waals surface area contributed by atoms with E-state index in [-0.39, 0.29) is 0 Å². The van der Waals surface area contributed by atoms with Crippen LogP contribution in [-0.4, -0.2) is 31.4 Å². The van der Waals surface area contributed by atoms with Gasteiger partial charge in [-0.3, -0.25) is 0 Å². The third-order valence-electron chi connectivity index (χ3n) is 3.61. The van der Waals surface area contributed by atoms with Gasteiger partial charge in [-0.15, -0.1) is 0 Å². The molecule has 0 N–H and O–H groups in total. The molecule has 0 aromatic rings. The van der Waals surface area contributed by atoms with Gasteiger partial charge in [0.15, 0.2) is 0 Å². The summed E-state index contributed by atoms with van der Waals surface area (Å²) >= 11 is 5.08. The van der Waals surface area contributed by atoms with Gasteiger partial charge in [-0.05, 0) is 0 Å². The van der Waals surface area contributed by atoms with E-state index in [0.717, 1.165) is 16.4 Å². The van der Waals surface area contributed by atoms with E-state index in [2.05, 4.69) is 28.5 Å². The van der Waals surface area contributed by atoms with Crippen molar-refractivity contribution in [3.8, 4) is 0 Å². The molecule has 3 heteroatoms. The quantitative estimate of drug-likeness (QED) is 0.532. The van der Waals surface area contributed by atoms with E-state index in [1.54, 1.807) is 4.43 Å². The Kier molecular flexibility index (Phi) is 6.73. The molecule has 2 aliphatic rings. The molecule has 0 nitrogen and oxygen atoms in total. The molecule has 2 saturated heterocycles. The third-order valence-corrected chi connectivity index (χ3v) is 9.04. The Morgan fingerprint density at radius 2 is 2.00 bits per heavy atom. The summed E-state index contributed by atoms with van der Waals surface area (Å²) in [4.78, 5) is 2.45. The molecule has 3 atom stereocenters. The molecule has 0 bridgehead atoms. The Bertz CT molecular complexity index is 190. The SMILES string of the molecule is C[I-]CC1CCCC(CC2CCCSC2)S1. The van der Waals surface area contributed by atoms with Crippen LogP contribution < -0.4 is 21.2 Å².